The first-order valence-electron chi connectivity index (χ1n) is 6.23. The lowest BCUT2D eigenvalue weighted by Crippen LogP contribution is -2.23. The summed E-state index contributed by atoms with van der Waals surface area (Å²) in [5.41, 5.74) is 2.34. The highest BCUT2D eigenvalue weighted by Crippen LogP contribution is 2.24. The van der Waals surface area contributed by atoms with Crippen molar-refractivity contribution in [3.05, 3.63) is 58.6 Å². The summed E-state index contributed by atoms with van der Waals surface area (Å²) in [4.78, 5) is 15.3. The van der Waals surface area contributed by atoms with Gasteiger partial charge < -0.3 is 14.7 Å². The number of aryl methyl sites for hydroxylation is 1. The number of halogens is 1. The lowest BCUT2D eigenvalue weighted by molar-refractivity contribution is 0.0943. The highest BCUT2D eigenvalue weighted by molar-refractivity contribution is 6.31. The fourth-order valence-electron chi connectivity index (χ4n) is 2.19. The van der Waals surface area contributed by atoms with Crippen LogP contribution in [-0.4, -0.2) is 10.9 Å². The van der Waals surface area contributed by atoms with Crippen molar-refractivity contribution in [3.8, 4) is 0 Å². The smallest absolute Gasteiger partial charge is 0.268 e. The van der Waals surface area contributed by atoms with Gasteiger partial charge in [0, 0.05) is 15.9 Å². The normalized spacial score (nSPS) is 10.9. The molecule has 0 spiro atoms. The van der Waals surface area contributed by atoms with Crippen molar-refractivity contribution < 1.29 is 9.21 Å². The van der Waals surface area contributed by atoms with E-state index in [0.29, 0.717) is 17.3 Å². The van der Waals surface area contributed by atoms with E-state index in [-0.39, 0.29) is 5.91 Å². The Morgan fingerprint density at radius 1 is 1.40 bits per heavy atom. The predicted octanol–water partition coefficient (Wildman–Crippen LogP) is 3.65. The summed E-state index contributed by atoms with van der Waals surface area (Å²) in [7, 11) is 0. The van der Waals surface area contributed by atoms with Crippen LogP contribution in [0.15, 0.2) is 41.0 Å². The molecule has 0 aliphatic heterocycles. The first-order chi connectivity index (χ1) is 9.65. The Kier molecular flexibility index (Phi) is 3.24. The molecule has 1 amide bonds. The lowest BCUT2D eigenvalue weighted by atomic mass is 10.1. The molecule has 2 heterocycles. The summed E-state index contributed by atoms with van der Waals surface area (Å²) in [6, 6.07) is 9.13. The average Bonchev–Trinajstić information content (AvgIpc) is 3.05. The van der Waals surface area contributed by atoms with E-state index in [2.05, 4.69) is 10.3 Å². The molecule has 0 saturated heterocycles. The molecule has 3 aromatic rings. The molecule has 2 N–H and O–H groups in total. The number of hydrogen-bond donors (Lipinski definition) is 2. The van der Waals surface area contributed by atoms with Crippen molar-refractivity contribution in [1.82, 2.24) is 10.3 Å². The Bertz CT molecular complexity index is 760. The predicted molar refractivity (Wildman–Crippen MR) is 77.9 cm³/mol. The molecule has 0 atom stereocenters. The standard InChI is InChI=1S/C15H13ClN2O2/c1-9-12-7-10(16)4-5-13(12)18-14(9)15(19)17-8-11-3-2-6-20-11/h2-7,18H,8H2,1H3,(H,17,19). The fraction of sp³-hybridized carbons (Fsp3) is 0.133. The number of benzene rings is 1. The van der Waals surface area contributed by atoms with Gasteiger partial charge in [0.15, 0.2) is 0 Å². The second-order valence-electron chi connectivity index (χ2n) is 4.58. The molecule has 0 aliphatic rings. The third-order valence-electron chi connectivity index (χ3n) is 3.25. The number of rotatable bonds is 3. The van der Waals surface area contributed by atoms with E-state index < -0.39 is 0 Å². The lowest BCUT2D eigenvalue weighted by Gasteiger charge is -2.02. The maximum atomic E-state index is 12.2. The minimum absolute atomic E-state index is 0.161. The molecule has 2 aromatic heterocycles. The summed E-state index contributed by atoms with van der Waals surface area (Å²) < 4.78 is 5.18. The number of carbonyl (C=O) groups is 1. The third-order valence-corrected chi connectivity index (χ3v) is 3.49. The van der Waals surface area contributed by atoms with E-state index in [1.54, 1.807) is 18.4 Å². The zero-order chi connectivity index (χ0) is 14.1. The molecule has 20 heavy (non-hydrogen) atoms. The van der Waals surface area contributed by atoms with Crippen LogP contribution in [0.25, 0.3) is 10.9 Å². The van der Waals surface area contributed by atoms with Crippen LogP contribution >= 0.6 is 11.6 Å². The topological polar surface area (TPSA) is 58.0 Å². The van der Waals surface area contributed by atoms with Crippen LogP contribution in [0.1, 0.15) is 21.8 Å². The SMILES string of the molecule is Cc1c(C(=O)NCc2ccco2)[nH]c2ccc(Cl)cc12. The Labute approximate surface area is 120 Å². The second kappa shape index (κ2) is 5.06. The summed E-state index contributed by atoms with van der Waals surface area (Å²) >= 11 is 5.98. The number of nitrogens with one attached hydrogen (secondary N) is 2. The van der Waals surface area contributed by atoms with E-state index >= 15 is 0 Å². The van der Waals surface area contributed by atoms with Gasteiger partial charge in [-0.1, -0.05) is 11.6 Å². The molecule has 0 saturated carbocycles. The Morgan fingerprint density at radius 2 is 2.25 bits per heavy atom. The van der Waals surface area contributed by atoms with Crippen LogP contribution in [0.3, 0.4) is 0 Å². The maximum Gasteiger partial charge on any atom is 0.268 e. The van der Waals surface area contributed by atoms with E-state index in [9.17, 15) is 4.79 Å². The third kappa shape index (κ3) is 2.30. The molecule has 3 rings (SSSR count). The van der Waals surface area contributed by atoms with Crippen LogP contribution in [0, 0.1) is 6.92 Å². The number of furan rings is 1. The van der Waals surface area contributed by atoms with Crippen LogP contribution < -0.4 is 5.32 Å². The zero-order valence-corrected chi connectivity index (χ0v) is 11.6. The highest BCUT2D eigenvalue weighted by Gasteiger charge is 2.14. The van der Waals surface area contributed by atoms with Gasteiger partial charge in [0.1, 0.15) is 11.5 Å². The van der Waals surface area contributed by atoms with E-state index in [1.807, 2.05) is 25.1 Å². The number of hydrogen-bond acceptors (Lipinski definition) is 2. The summed E-state index contributed by atoms with van der Waals surface area (Å²) in [6.07, 6.45) is 1.58. The van der Waals surface area contributed by atoms with Gasteiger partial charge in [-0.2, -0.15) is 0 Å². The summed E-state index contributed by atoms with van der Waals surface area (Å²) in [5, 5.41) is 4.43. The molecule has 1 aromatic carbocycles. The number of aromatic nitrogens is 1. The van der Waals surface area contributed by atoms with Crippen molar-refractivity contribution in [2.45, 2.75) is 13.5 Å². The molecule has 0 radical (unpaired) electrons. The Hall–Kier alpha value is -2.20. The number of carbonyl (C=O) groups excluding carboxylic acids is 1. The van der Waals surface area contributed by atoms with Crippen molar-refractivity contribution in [2.24, 2.45) is 0 Å². The van der Waals surface area contributed by atoms with Crippen molar-refractivity contribution in [2.75, 3.05) is 0 Å². The van der Waals surface area contributed by atoms with Gasteiger partial charge in [-0.3, -0.25) is 4.79 Å². The van der Waals surface area contributed by atoms with E-state index in [1.165, 1.54) is 0 Å². The van der Waals surface area contributed by atoms with Crippen LogP contribution in [0.5, 0.6) is 0 Å². The molecule has 5 heteroatoms. The number of fused-ring (bicyclic) bond motifs is 1. The second-order valence-corrected chi connectivity index (χ2v) is 5.01. The van der Waals surface area contributed by atoms with E-state index in [4.69, 9.17) is 16.0 Å². The van der Waals surface area contributed by atoms with Gasteiger partial charge in [0.05, 0.1) is 12.8 Å². The minimum Gasteiger partial charge on any atom is -0.467 e. The first-order valence-corrected chi connectivity index (χ1v) is 6.61. The van der Waals surface area contributed by atoms with Gasteiger partial charge in [0.2, 0.25) is 0 Å². The molecule has 4 nitrogen and oxygen atoms in total. The van der Waals surface area contributed by atoms with Crippen LogP contribution in [-0.2, 0) is 6.54 Å². The minimum atomic E-state index is -0.161. The quantitative estimate of drug-likeness (QED) is 0.773. The van der Waals surface area contributed by atoms with Crippen molar-refractivity contribution in [1.29, 1.82) is 0 Å². The first kappa shape index (κ1) is 12.8. The number of H-pyrrole nitrogens is 1. The van der Waals surface area contributed by atoms with Crippen molar-refractivity contribution >= 4 is 28.4 Å². The van der Waals surface area contributed by atoms with E-state index in [0.717, 1.165) is 22.2 Å². The monoisotopic (exact) mass is 288 g/mol. The number of aromatic amines is 1. The molecular formula is C15H13ClN2O2. The van der Waals surface area contributed by atoms with Gasteiger partial charge in [-0.25, -0.2) is 0 Å². The molecule has 102 valence electrons. The number of amides is 1. The molecule has 0 bridgehead atoms. The van der Waals surface area contributed by atoms with Crippen molar-refractivity contribution in [3.63, 3.8) is 0 Å². The molecular weight excluding hydrogens is 276 g/mol. The van der Waals surface area contributed by atoms with Gasteiger partial charge >= 0.3 is 0 Å². The average molecular weight is 289 g/mol. The Morgan fingerprint density at radius 3 is 3.00 bits per heavy atom. The summed E-state index contributed by atoms with van der Waals surface area (Å²) in [6.45, 7) is 2.26. The molecule has 0 unspecified atom stereocenters. The molecule has 0 aliphatic carbocycles. The van der Waals surface area contributed by atoms with Gasteiger partial charge in [-0.05, 0) is 42.8 Å². The van der Waals surface area contributed by atoms with Gasteiger partial charge in [-0.15, -0.1) is 0 Å². The highest BCUT2D eigenvalue weighted by atomic mass is 35.5. The van der Waals surface area contributed by atoms with Gasteiger partial charge in [0.25, 0.3) is 5.91 Å². The zero-order valence-electron chi connectivity index (χ0n) is 10.9. The largest absolute Gasteiger partial charge is 0.467 e. The summed E-state index contributed by atoms with van der Waals surface area (Å²) in [5.74, 6) is 0.557. The van der Waals surface area contributed by atoms with Crippen LogP contribution in [0.4, 0.5) is 0 Å². The fourth-order valence-corrected chi connectivity index (χ4v) is 2.37. The van der Waals surface area contributed by atoms with Crippen LogP contribution in [0.2, 0.25) is 5.02 Å². The Balaban J connectivity index is 1.86. The molecule has 0 fully saturated rings. The maximum absolute atomic E-state index is 12.2.